The van der Waals surface area contributed by atoms with Crippen molar-refractivity contribution in [3.8, 4) is 6.07 Å². The van der Waals surface area contributed by atoms with Gasteiger partial charge in [-0.15, -0.1) is 0 Å². The molecule has 0 spiro atoms. The Hall–Kier alpha value is -2.95. The number of nitriles is 1. The number of halogens is 1. The lowest BCUT2D eigenvalue weighted by molar-refractivity contribution is -0.135. The zero-order chi connectivity index (χ0) is 20.4. The number of nitrogens with one attached hydrogen (secondary N) is 2. The van der Waals surface area contributed by atoms with Gasteiger partial charge in [-0.2, -0.15) is 5.26 Å². The molecule has 8 heteroatoms. The summed E-state index contributed by atoms with van der Waals surface area (Å²) in [6, 6.07) is 6.63. The van der Waals surface area contributed by atoms with E-state index in [4.69, 9.17) is 0 Å². The van der Waals surface area contributed by atoms with Gasteiger partial charge in [0.25, 0.3) is 5.91 Å². The van der Waals surface area contributed by atoms with Crippen LogP contribution in [0.1, 0.15) is 39.7 Å². The molecule has 2 N–H and O–H groups in total. The second-order valence-electron chi connectivity index (χ2n) is 7.10. The molecular weight excluding hydrogens is 351 g/mol. The van der Waals surface area contributed by atoms with Gasteiger partial charge in [0.2, 0.25) is 5.91 Å². The normalized spacial score (nSPS) is 21.6. The molecule has 1 fully saturated rings. The monoisotopic (exact) mass is 374 g/mol. The van der Waals surface area contributed by atoms with Gasteiger partial charge in [0.15, 0.2) is 0 Å². The van der Waals surface area contributed by atoms with Crippen LogP contribution in [0.3, 0.4) is 0 Å². The molecule has 2 rings (SSSR count). The third-order valence-electron chi connectivity index (χ3n) is 5.13. The number of amides is 4. The zero-order valence-electron chi connectivity index (χ0n) is 15.8. The topological polar surface area (TPSA) is 102 Å². The first-order valence-electron chi connectivity index (χ1n) is 8.72. The van der Waals surface area contributed by atoms with Crippen LogP contribution in [0.15, 0.2) is 24.3 Å². The third kappa shape index (κ3) is 3.63. The molecule has 1 heterocycles. The van der Waals surface area contributed by atoms with Gasteiger partial charge in [-0.05, 0) is 37.0 Å². The predicted octanol–water partition coefficient (Wildman–Crippen LogP) is 2.04. The largest absolute Gasteiger partial charge is 0.336 e. The minimum absolute atomic E-state index is 0.163. The Morgan fingerprint density at radius 2 is 1.96 bits per heavy atom. The fraction of sp³-hybridized carbons (Fsp3) is 0.474. The molecule has 4 amide bonds. The molecule has 0 aromatic heterocycles. The zero-order valence-corrected chi connectivity index (χ0v) is 15.8. The van der Waals surface area contributed by atoms with E-state index in [0.717, 1.165) is 4.90 Å². The number of imide groups is 1. The number of carbonyl (C=O) groups is 3. The predicted molar refractivity (Wildman–Crippen MR) is 95.6 cm³/mol. The van der Waals surface area contributed by atoms with Gasteiger partial charge < -0.3 is 10.6 Å². The molecule has 0 aliphatic carbocycles. The number of hydrogen-bond donors (Lipinski definition) is 2. The van der Waals surface area contributed by atoms with Gasteiger partial charge in [-0.3, -0.25) is 14.5 Å². The molecule has 0 radical (unpaired) electrons. The molecular formula is C19H23FN4O3. The Morgan fingerprint density at radius 1 is 1.37 bits per heavy atom. The van der Waals surface area contributed by atoms with Crippen LogP contribution in [-0.2, 0) is 15.1 Å². The minimum Gasteiger partial charge on any atom is -0.336 e. The van der Waals surface area contributed by atoms with Crippen LogP contribution >= 0.6 is 0 Å². The summed E-state index contributed by atoms with van der Waals surface area (Å²) in [5, 5.41) is 14.5. The first-order chi connectivity index (χ1) is 12.6. The fourth-order valence-electron chi connectivity index (χ4n) is 2.92. The first kappa shape index (κ1) is 20.4. The molecule has 1 aliphatic heterocycles. The number of urea groups is 1. The highest BCUT2D eigenvalue weighted by molar-refractivity contribution is 6.09. The van der Waals surface area contributed by atoms with Crippen LogP contribution in [-0.4, -0.2) is 34.8 Å². The molecule has 1 aromatic rings. The third-order valence-corrected chi connectivity index (χ3v) is 5.13. The molecule has 7 nitrogen and oxygen atoms in total. The van der Waals surface area contributed by atoms with Crippen molar-refractivity contribution in [1.29, 1.82) is 5.26 Å². The summed E-state index contributed by atoms with van der Waals surface area (Å²) >= 11 is 0. The average molecular weight is 374 g/mol. The molecule has 2 atom stereocenters. The second-order valence-corrected chi connectivity index (χ2v) is 7.10. The molecule has 144 valence electrons. The van der Waals surface area contributed by atoms with E-state index in [-0.39, 0.29) is 12.3 Å². The van der Waals surface area contributed by atoms with Crippen molar-refractivity contribution >= 4 is 17.8 Å². The maximum Gasteiger partial charge on any atom is 0.325 e. The van der Waals surface area contributed by atoms with Crippen LogP contribution in [0, 0.1) is 23.1 Å². The fourth-order valence-corrected chi connectivity index (χ4v) is 2.92. The molecule has 1 saturated heterocycles. The highest BCUT2D eigenvalue weighted by Crippen LogP contribution is 2.32. The van der Waals surface area contributed by atoms with Gasteiger partial charge in [-0.1, -0.05) is 32.9 Å². The highest BCUT2D eigenvalue weighted by Gasteiger charge is 2.51. The first-order valence-corrected chi connectivity index (χ1v) is 8.72. The van der Waals surface area contributed by atoms with Crippen molar-refractivity contribution < 1.29 is 18.8 Å². The Labute approximate surface area is 157 Å². The van der Waals surface area contributed by atoms with Crippen LogP contribution in [0.25, 0.3) is 0 Å². The number of nitrogens with zero attached hydrogens (tertiary/aromatic N) is 2. The summed E-state index contributed by atoms with van der Waals surface area (Å²) in [5.74, 6) is -1.81. The second kappa shape index (κ2) is 7.35. The lowest BCUT2D eigenvalue weighted by Crippen LogP contribution is -2.52. The number of rotatable bonds is 6. The summed E-state index contributed by atoms with van der Waals surface area (Å²) in [6.07, 6.45) is 0.239. The molecule has 0 bridgehead atoms. The van der Waals surface area contributed by atoms with Gasteiger partial charge in [0.1, 0.15) is 23.4 Å². The van der Waals surface area contributed by atoms with Crippen LogP contribution < -0.4 is 10.6 Å². The molecule has 1 aliphatic rings. The van der Waals surface area contributed by atoms with E-state index in [0.29, 0.717) is 5.56 Å². The quantitative estimate of drug-likeness (QED) is 0.744. The van der Waals surface area contributed by atoms with Crippen molar-refractivity contribution in [1.82, 2.24) is 15.5 Å². The van der Waals surface area contributed by atoms with Gasteiger partial charge >= 0.3 is 6.03 Å². The summed E-state index contributed by atoms with van der Waals surface area (Å²) in [7, 11) is 0. The van der Waals surface area contributed by atoms with Gasteiger partial charge in [0.05, 0.1) is 6.07 Å². The minimum atomic E-state index is -1.35. The van der Waals surface area contributed by atoms with Crippen molar-refractivity contribution in [3.63, 3.8) is 0 Å². The van der Waals surface area contributed by atoms with Crippen molar-refractivity contribution in [2.45, 2.75) is 45.2 Å². The van der Waals surface area contributed by atoms with Crippen LogP contribution in [0.4, 0.5) is 9.18 Å². The average Bonchev–Trinajstić information content (AvgIpc) is 2.87. The maximum atomic E-state index is 13.2. The van der Waals surface area contributed by atoms with Gasteiger partial charge in [0, 0.05) is 0 Å². The summed E-state index contributed by atoms with van der Waals surface area (Å²) in [4.78, 5) is 38.5. The highest BCUT2D eigenvalue weighted by atomic mass is 19.1. The van der Waals surface area contributed by atoms with E-state index in [2.05, 4.69) is 10.6 Å². The van der Waals surface area contributed by atoms with Crippen molar-refractivity contribution in [2.75, 3.05) is 6.54 Å². The number of benzene rings is 1. The lowest BCUT2D eigenvalue weighted by atomic mass is 9.87. The van der Waals surface area contributed by atoms with Crippen molar-refractivity contribution in [3.05, 3.63) is 35.6 Å². The smallest absolute Gasteiger partial charge is 0.325 e. The summed E-state index contributed by atoms with van der Waals surface area (Å²) < 4.78 is 13.2. The Balaban J connectivity index is 2.24. The Bertz CT molecular complexity index is 802. The van der Waals surface area contributed by atoms with E-state index in [9.17, 15) is 24.0 Å². The molecule has 2 unspecified atom stereocenters. The molecule has 0 saturated carbocycles. The Kier molecular flexibility index (Phi) is 5.54. The lowest BCUT2D eigenvalue weighted by Gasteiger charge is -2.28. The van der Waals surface area contributed by atoms with E-state index in [1.165, 1.54) is 24.3 Å². The SMILES string of the molecule is CCC1(c2ccc(F)cc2)NC(=O)N(CC(=O)NC(C)(C#N)C(C)C)C1=O. The number of carbonyl (C=O) groups excluding carboxylic acids is 3. The summed E-state index contributed by atoms with van der Waals surface area (Å²) in [6.45, 7) is 6.37. The standard InChI is InChI=1S/C19H23FN4O3/c1-5-19(13-6-8-14(20)9-7-13)16(26)24(17(27)23-19)10-15(25)22-18(4,11-21)12(2)3/h6-9,12H,5,10H2,1-4H3,(H,22,25)(H,23,27). The van der Waals surface area contributed by atoms with Gasteiger partial charge in [-0.25, -0.2) is 9.18 Å². The van der Waals surface area contributed by atoms with Crippen LogP contribution in [0.5, 0.6) is 0 Å². The summed E-state index contributed by atoms with van der Waals surface area (Å²) in [5.41, 5.74) is -2.02. The number of hydrogen-bond acceptors (Lipinski definition) is 4. The van der Waals surface area contributed by atoms with E-state index < -0.39 is 41.3 Å². The molecule has 1 aromatic carbocycles. The maximum absolute atomic E-state index is 13.2. The van der Waals surface area contributed by atoms with Crippen LogP contribution in [0.2, 0.25) is 0 Å². The Morgan fingerprint density at radius 3 is 2.44 bits per heavy atom. The van der Waals surface area contributed by atoms with E-state index >= 15 is 0 Å². The van der Waals surface area contributed by atoms with E-state index in [1.807, 2.05) is 6.07 Å². The van der Waals surface area contributed by atoms with E-state index in [1.54, 1.807) is 27.7 Å². The van der Waals surface area contributed by atoms with Crippen molar-refractivity contribution in [2.24, 2.45) is 5.92 Å². The molecule has 27 heavy (non-hydrogen) atoms.